The molecule has 150 valence electrons. The van der Waals surface area contributed by atoms with Crippen LogP contribution in [0.2, 0.25) is 0 Å². The number of fused-ring (bicyclic) bond motifs is 4. The molecule has 2 aromatic rings. The largest absolute Gasteiger partial charge is 0.497 e. The van der Waals surface area contributed by atoms with Gasteiger partial charge in [0.1, 0.15) is 11.4 Å². The molecule has 3 fully saturated rings. The zero-order chi connectivity index (χ0) is 20.1. The lowest BCUT2D eigenvalue weighted by Crippen LogP contribution is -2.54. The van der Waals surface area contributed by atoms with E-state index in [0.717, 1.165) is 32.0 Å². The summed E-state index contributed by atoms with van der Waals surface area (Å²) in [5.41, 5.74) is -0.535. The van der Waals surface area contributed by atoms with Gasteiger partial charge in [-0.05, 0) is 61.1 Å². The molecule has 2 bridgehead atoms. The molecule has 2 unspecified atom stereocenters. The summed E-state index contributed by atoms with van der Waals surface area (Å²) in [5, 5.41) is 11.7. The molecule has 3 aliphatic heterocycles. The third-order valence-corrected chi connectivity index (χ3v) is 6.18. The standard InChI is InChI=1S/C21H23F3N2O2/c1-3-12-11-26-7-6-13(12)8-18(26)20(27)16-10-19(21(22,23)24)25-17-5-4-14(28-2)9-15(16)17/h3-5,9-10,12-13,18,20,27H,1,6-8,11H2,2H3/t12-,13-,18?,20+/m0/s1. The Balaban J connectivity index is 1.79. The predicted octanol–water partition coefficient (Wildman–Crippen LogP) is 4.19. The van der Waals surface area contributed by atoms with Gasteiger partial charge in [0.2, 0.25) is 0 Å². The van der Waals surface area contributed by atoms with Gasteiger partial charge in [0, 0.05) is 18.0 Å². The van der Waals surface area contributed by atoms with Crippen LogP contribution in [0.1, 0.15) is 30.2 Å². The molecule has 1 aromatic carbocycles. The van der Waals surface area contributed by atoms with Crippen molar-refractivity contribution in [3.63, 3.8) is 0 Å². The fraction of sp³-hybridized carbons (Fsp3) is 0.476. The molecule has 3 saturated heterocycles. The lowest BCUT2D eigenvalue weighted by Gasteiger charge is -2.50. The van der Waals surface area contributed by atoms with Gasteiger partial charge in [-0.2, -0.15) is 13.2 Å². The van der Waals surface area contributed by atoms with Gasteiger partial charge in [0.05, 0.1) is 18.7 Å². The topological polar surface area (TPSA) is 45.6 Å². The van der Waals surface area contributed by atoms with Gasteiger partial charge in [0.25, 0.3) is 0 Å². The second kappa shape index (κ2) is 7.04. The molecule has 1 aromatic heterocycles. The molecule has 0 spiro atoms. The monoisotopic (exact) mass is 392 g/mol. The summed E-state index contributed by atoms with van der Waals surface area (Å²) in [4.78, 5) is 5.94. The first kappa shape index (κ1) is 19.2. The Bertz CT molecular complexity index is 899. The average Bonchev–Trinajstić information content (AvgIpc) is 2.71. The SMILES string of the molecule is C=C[C@H]1CN2CC[C@H]1CC2[C@H](O)c1cc(C(F)(F)F)nc2ccc(OC)cc12. The molecule has 0 saturated carbocycles. The van der Waals surface area contributed by atoms with Crippen LogP contribution in [0.25, 0.3) is 10.9 Å². The third-order valence-electron chi connectivity index (χ3n) is 6.18. The van der Waals surface area contributed by atoms with Crippen LogP contribution in [-0.2, 0) is 6.18 Å². The summed E-state index contributed by atoms with van der Waals surface area (Å²) in [6.07, 6.45) is -1.89. The fourth-order valence-corrected chi connectivity index (χ4v) is 4.66. The highest BCUT2D eigenvalue weighted by Crippen LogP contribution is 2.43. The number of hydrogen-bond acceptors (Lipinski definition) is 4. The van der Waals surface area contributed by atoms with E-state index in [1.54, 1.807) is 12.1 Å². The van der Waals surface area contributed by atoms with Crippen molar-refractivity contribution >= 4 is 10.9 Å². The number of aliphatic hydroxyl groups is 1. The van der Waals surface area contributed by atoms with Crippen molar-refractivity contribution < 1.29 is 23.0 Å². The van der Waals surface area contributed by atoms with Crippen molar-refractivity contribution in [1.82, 2.24) is 9.88 Å². The Labute approximate surface area is 161 Å². The summed E-state index contributed by atoms with van der Waals surface area (Å²) in [5.74, 6) is 1.30. The van der Waals surface area contributed by atoms with Crippen LogP contribution in [0.3, 0.4) is 0 Å². The molecular formula is C21H23F3N2O2. The van der Waals surface area contributed by atoms with E-state index >= 15 is 0 Å². The normalized spacial score (nSPS) is 28.3. The van der Waals surface area contributed by atoms with E-state index in [1.807, 2.05) is 6.08 Å². The van der Waals surface area contributed by atoms with Crippen molar-refractivity contribution in [2.75, 3.05) is 20.2 Å². The Morgan fingerprint density at radius 2 is 2.14 bits per heavy atom. The van der Waals surface area contributed by atoms with E-state index in [1.165, 1.54) is 13.2 Å². The number of rotatable bonds is 4. The van der Waals surface area contributed by atoms with Crippen molar-refractivity contribution in [3.8, 4) is 5.75 Å². The first-order valence-electron chi connectivity index (χ1n) is 9.42. The molecular weight excluding hydrogens is 369 g/mol. The van der Waals surface area contributed by atoms with Crippen molar-refractivity contribution in [1.29, 1.82) is 0 Å². The van der Waals surface area contributed by atoms with E-state index in [0.29, 0.717) is 23.0 Å². The molecule has 0 amide bonds. The second-order valence-electron chi connectivity index (χ2n) is 7.67. The minimum atomic E-state index is -4.58. The molecule has 5 atom stereocenters. The van der Waals surface area contributed by atoms with E-state index in [-0.39, 0.29) is 17.1 Å². The lowest BCUT2D eigenvalue weighted by atomic mass is 9.73. The van der Waals surface area contributed by atoms with Crippen molar-refractivity contribution in [2.45, 2.75) is 31.2 Å². The van der Waals surface area contributed by atoms with Gasteiger partial charge in [-0.1, -0.05) is 6.08 Å². The van der Waals surface area contributed by atoms with Gasteiger partial charge >= 0.3 is 6.18 Å². The van der Waals surface area contributed by atoms with Crippen LogP contribution in [0, 0.1) is 11.8 Å². The number of aliphatic hydroxyl groups excluding tert-OH is 1. The van der Waals surface area contributed by atoms with E-state index in [4.69, 9.17) is 4.74 Å². The van der Waals surface area contributed by atoms with E-state index < -0.39 is 18.0 Å². The molecule has 28 heavy (non-hydrogen) atoms. The molecule has 4 nitrogen and oxygen atoms in total. The maximum Gasteiger partial charge on any atom is 0.433 e. The number of ether oxygens (including phenoxy) is 1. The number of benzene rings is 1. The van der Waals surface area contributed by atoms with Crippen molar-refractivity contribution in [3.05, 3.63) is 48.2 Å². The number of piperidine rings is 3. The molecule has 3 aliphatic rings. The van der Waals surface area contributed by atoms with Gasteiger partial charge in [-0.25, -0.2) is 4.98 Å². The highest BCUT2D eigenvalue weighted by Gasteiger charge is 2.43. The lowest BCUT2D eigenvalue weighted by molar-refractivity contribution is -0.141. The fourth-order valence-electron chi connectivity index (χ4n) is 4.66. The third kappa shape index (κ3) is 3.26. The molecule has 5 rings (SSSR count). The van der Waals surface area contributed by atoms with E-state index in [9.17, 15) is 18.3 Å². The number of halogens is 3. The summed E-state index contributed by atoms with van der Waals surface area (Å²) < 4.78 is 45.4. The maximum absolute atomic E-state index is 13.4. The van der Waals surface area contributed by atoms with Crippen LogP contribution >= 0.6 is 0 Å². The molecule has 4 heterocycles. The van der Waals surface area contributed by atoms with Crippen LogP contribution in [-0.4, -0.2) is 41.2 Å². The molecule has 0 aliphatic carbocycles. The van der Waals surface area contributed by atoms with Crippen LogP contribution in [0.5, 0.6) is 5.75 Å². The molecule has 1 N–H and O–H groups in total. The number of alkyl halides is 3. The van der Waals surface area contributed by atoms with Gasteiger partial charge in [0.15, 0.2) is 0 Å². The predicted molar refractivity (Wildman–Crippen MR) is 100 cm³/mol. The van der Waals surface area contributed by atoms with Gasteiger partial charge in [-0.15, -0.1) is 6.58 Å². The van der Waals surface area contributed by atoms with Crippen molar-refractivity contribution in [2.24, 2.45) is 11.8 Å². The number of hydrogen-bond donors (Lipinski definition) is 1. The smallest absolute Gasteiger partial charge is 0.433 e. The summed E-state index contributed by atoms with van der Waals surface area (Å²) in [7, 11) is 1.50. The number of nitrogens with zero attached hydrogens (tertiary/aromatic N) is 2. The highest BCUT2D eigenvalue weighted by molar-refractivity contribution is 5.84. The Morgan fingerprint density at radius 3 is 2.75 bits per heavy atom. The first-order valence-corrected chi connectivity index (χ1v) is 9.42. The Hall–Kier alpha value is -2.12. The number of aromatic nitrogens is 1. The minimum absolute atomic E-state index is 0.199. The maximum atomic E-state index is 13.4. The highest BCUT2D eigenvalue weighted by atomic mass is 19.4. The van der Waals surface area contributed by atoms with Crippen LogP contribution in [0.4, 0.5) is 13.2 Å². The van der Waals surface area contributed by atoms with E-state index in [2.05, 4.69) is 16.5 Å². The van der Waals surface area contributed by atoms with Crippen LogP contribution in [0.15, 0.2) is 36.9 Å². The zero-order valence-corrected chi connectivity index (χ0v) is 15.6. The molecule has 7 heteroatoms. The Kier molecular flexibility index (Phi) is 4.83. The average molecular weight is 392 g/mol. The van der Waals surface area contributed by atoms with Gasteiger partial charge < -0.3 is 9.84 Å². The summed E-state index contributed by atoms with van der Waals surface area (Å²) in [6.45, 7) is 5.52. The number of pyridine rings is 1. The van der Waals surface area contributed by atoms with Crippen LogP contribution < -0.4 is 4.74 Å². The Morgan fingerprint density at radius 1 is 1.36 bits per heavy atom. The minimum Gasteiger partial charge on any atom is -0.497 e. The number of methoxy groups -OCH3 is 1. The second-order valence-corrected chi connectivity index (χ2v) is 7.67. The first-order chi connectivity index (χ1) is 13.3. The summed E-state index contributed by atoms with van der Waals surface area (Å²) >= 11 is 0. The zero-order valence-electron chi connectivity index (χ0n) is 15.6. The quantitative estimate of drug-likeness (QED) is 0.793. The molecule has 0 radical (unpaired) electrons. The summed E-state index contributed by atoms with van der Waals surface area (Å²) in [6, 6.07) is 5.49. The van der Waals surface area contributed by atoms with Gasteiger partial charge in [-0.3, -0.25) is 4.90 Å².